The molecule has 0 bridgehead atoms. The molecule has 1 aliphatic heterocycles. The van der Waals surface area contributed by atoms with Crippen molar-refractivity contribution < 1.29 is 19.5 Å². The number of nitrogens with zero attached hydrogens (tertiary/aromatic N) is 4. The van der Waals surface area contributed by atoms with Crippen LogP contribution in [-0.4, -0.2) is 80.1 Å². The van der Waals surface area contributed by atoms with Crippen LogP contribution in [0, 0.1) is 0 Å². The van der Waals surface area contributed by atoms with Crippen molar-refractivity contribution >= 4 is 34.8 Å². The fourth-order valence-electron chi connectivity index (χ4n) is 5.34. The fourth-order valence-corrected chi connectivity index (χ4v) is 5.60. The van der Waals surface area contributed by atoms with Crippen LogP contribution < -0.4 is 5.32 Å². The highest BCUT2D eigenvalue weighted by atomic mass is 35.5. The predicted molar refractivity (Wildman–Crippen MR) is 129 cm³/mol. The van der Waals surface area contributed by atoms with E-state index in [-0.39, 0.29) is 47.3 Å². The van der Waals surface area contributed by atoms with Gasteiger partial charge in [-0.05, 0) is 75.0 Å². The third-order valence-electron chi connectivity index (χ3n) is 7.74. The highest BCUT2D eigenvalue weighted by molar-refractivity contribution is 6.37. The number of aliphatic hydroxyl groups excluding tert-OH is 1. The third kappa shape index (κ3) is 4.40. The van der Waals surface area contributed by atoms with Gasteiger partial charge in [0.1, 0.15) is 12.2 Å². The van der Waals surface area contributed by atoms with Gasteiger partial charge in [0, 0.05) is 25.2 Å². The molecule has 10 heteroatoms. The number of aliphatic hydroxyl groups is 1. The molecule has 0 aromatic carbocycles. The Morgan fingerprint density at radius 3 is 2.43 bits per heavy atom. The summed E-state index contributed by atoms with van der Waals surface area (Å²) >= 11 is 6.68. The summed E-state index contributed by atoms with van der Waals surface area (Å²) in [6.45, 7) is 0.831. The summed E-state index contributed by atoms with van der Waals surface area (Å²) < 4.78 is 1.48. The summed E-state index contributed by atoms with van der Waals surface area (Å²) in [7, 11) is 0. The zero-order chi connectivity index (χ0) is 24.3. The lowest BCUT2D eigenvalue weighted by Gasteiger charge is -2.41. The number of piperazine rings is 1. The summed E-state index contributed by atoms with van der Waals surface area (Å²) in [6, 6.07) is 4.11. The summed E-state index contributed by atoms with van der Waals surface area (Å²) in [5.41, 5.74) is 2.05. The Hall–Kier alpha value is -2.65. The highest BCUT2D eigenvalue weighted by Gasteiger charge is 2.36. The molecule has 9 nitrogen and oxygen atoms in total. The molecule has 0 spiro atoms. The molecule has 2 aromatic rings. The normalized spacial score (nSPS) is 25.3. The maximum Gasteiger partial charge on any atom is 0.276 e. The standard InChI is InChI=1S/C25H30ClN5O4/c26-22-19-11-15(14-1-2-14)12-20(24(34)27-16-3-4-16)31(19)28-23(22)25(35)29-9-10-30(21(33)13-29)17-5-7-18(32)8-6-17/h11-12,14,16-18,32H,1-10,13H2,(H,27,34)/t17-,18-. The molecule has 0 atom stereocenters. The number of rotatable bonds is 5. The van der Waals surface area contributed by atoms with E-state index in [1.54, 1.807) is 0 Å². The number of fused-ring (bicyclic) bond motifs is 1. The molecule has 35 heavy (non-hydrogen) atoms. The number of amides is 3. The molecule has 3 aliphatic carbocycles. The maximum absolute atomic E-state index is 13.4. The van der Waals surface area contributed by atoms with Gasteiger partial charge in [-0.1, -0.05) is 11.6 Å². The summed E-state index contributed by atoms with van der Waals surface area (Å²) in [6.07, 6.45) is 6.79. The van der Waals surface area contributed by atoms with Crippen LogP contribution >= 0.6 is 11.6 Å². The van der Waals surface area contributed by atoms with Gasteiger partial charge in [-0.15, -0.1) is 0 Å². The Bertz CT molecular complexity index is 1200. The Balaban J connectivity index is 1.25. The van der Waals surface area contributed by atoms with Crippen LogP contribution in [0.4, 0.5) is 0 Å². The third-order valence-corrected chi connectivity index (χ3v) is 8.12. The average molecular weight is 500 g/mol. The van der Waals surface area contributed by atoms with E-state index < -0.39 is 5.91 Å². The molecule has 0 unspecified atom stereocenters. The minimum Gasteiger partial charge on any atom is -0.393 e. The molecule has 2 aromatic heterocycles. The molecule has 3 amide bonds. The summed E-state index contributed by atoms with van der Waals surface area (Å²) in [5.74, 6) is -0.289. The number of aromatic nitrogens is 2. The van der Waals surface area contributed by atoms with E-state index in [1.165, 1.54) is 9.42 Å². The van der Waals surface area contributed by atoms with Crippen molar-refractivity contribution in [3.8, 4) is 0 Å². The molecule has 6 rings (SSSR count). The number of carbonyl (C=O) groups excluding carboxylic acids is 3. The van der Waals surface area contributed by atoms with Gasteiger partial charge in [0.15, 0.2) is 5.69 Å². The van der Waals surface area contributed by atoms with Gasteiger partial charge in [-0.3, -0.25) is 14.4 Å². The Morgan fingerprint density at radius 1 is 1.03 bits per heavy atom. The van der Waals surface area contributed by atoms with E-state index in [9.17, 15) is 19.5 Å². The highest BCUT2D eigenvalue weighted by Crippen LogP contribution is 2.41. The van der Waals surface area contributed by atoms with Crippen LogP contribution in [0.1, 0.15) is 83.8 Å². The molecular weight excluding hydrogens is 470 g/mol. The monoisotopic (exact) mass is 499 g/mol. The molecular formula is C25H30ClN5O4. The van der Waals surface area contributed by atoms with Crippen molar-refractivity contribution in [3.63, 3.8) is 0 Å². The van der Waals surface area contributed by atoms with Crippen LogP contribution in [0.15, 0.2) is 12.1 Å². The fraction of sp³-hybridized carbons (Fsp3) is 0.600. The molecule has 3 saturated carbocycles. The molecule has 4 aliphatic rings. The molecule has 2 N–H and O–H groups in total. The van der Waals surface area contributed by atoms with Crippen molar-refractivity contribution in [2.24, 2.45) is 0 Å². The molecule has 3 heterocycles. The largest absolute Gasteiger partial charge is 0.393 e. The number of nitrogens with one attached hydrogen (secondary N) is 1. The number of hydrogen-bond donors (Lipinski definition) is 2. The van der Waals surface area contributed by atoms with E-state index in [0.29, 0.717) is 43.1 Å². The number of halogens is 1. The first-order valence-corrected chi connectivity index (χ1v) is 13.1. The lowest BCUT2D eigenvalue weighted by atomic mass is 9.91. The second-order valence-corrected chi connectivity index (χ2v) is 10.8. The Labute approximate surface area is 208 Å². The SMILES string of the molecule is O=C(NC1CC1)c1cc(C2CC2)cc2c(Cl)c(C(=O)N3CCN([C@H]4CC[C@H](O)CC4)C(=O)C3)nn12. The minimum absolute atomic E-state index is 0.0234. The van der Waals surface area contributed by atoms with Crippen molar-refractivity contribution in [2.75, 3.05) is 19.6 Å². The minimum atomic E-state index is -0.396. The summed E-state index contributed by atoms with van der Waals surface area (Å²) in [5, 5.41) is 17.5. The quantitative estimate of drug-likeness (QED) is 0.656. The van der Waals surface area contributed by atoms with Gasteiger partial charge in [-0.25, -0.2) is 4.52 Å². The van der Waals surface area contributed by atoms with Gasteiger partial charge >= 0.3 is 0 Å². The molecule has 1 saturated heterocycles. The predicted octanol–water partition coefficient (Wildman–Crippen LogP) is 2.35. The zero-order valence-electron chi connectivity index (χ0n) is 19.6. The first-order chi connectivity index (χ1) is 16.9. The van der Waals surface area contributed by atoms with Crippen LogP contribution in [0.5, 0.6) is 0 Å². The van der Waals surface area contributed by atoms with Gasteiger partial charge < -0.3 is 20.2 Å². The second-order valence-electron chi connectivity index (χ2n) is 10.4. The number of pyridine rings is 1. The van der Waals surface area contributed by atoms with Crippen molar-refractivity contribution in [1.29, 1.82) is 0 Å². The zero-order valence-corrected chi connectivity index (χ0v) is 20.3. The van der Waals surface area contributed by atoms with Crippen LogP contribution in [0.2, 0.25) is 5.02 Å². The first kappa shape index (κ1) is 22.8. The lowest BCUT2D eigenvalue weighted by molar-refractivity contribution is -0.138. The van der Waals surface area contributed by atoms with Gasteiger partial charge in [0.2, 0.25) is 5.91 Å². The van der Waals surface area contributed by atoms with Gasteiger partial charge in [-0.2, -0.15) is 5.10 Å². The smallest absolute Gasteiger partial charge is 0.276 e. The lowest BCUT2D eigenvalue weighted by Crippen LogP contribution is -2.56. The Morgan fingerprint density at radius 2 is 1.77 bits per heavy atom. The van der Waals surface area contributed by atoms with Crippen LogP contribution in [0.25, 0.3) is 5.52 Å². The van der Waals surface area contributed by atoms with Crippen LogP contribution in [-0.2, 0) is 4.79 Å². The summed E-state index contributed by atoms with van der Waals surface area (Å²) in [4.78, 5) is 42.7. The van der Waals surface area contributed by atoms with Gasteiger partial charge in [0.25, 0.3) is 11.8 Å². The maximum atomic E-state index is 13.4. The van der Waals surface area contributed by atoms with Crippen molar-refractivity contribution in [1.82, 2.24) is 24.7 Å². The van der Waals surface area contributed by atoms with Crippen molar-refractivity contribution in [2.45, 2.75) is 75.5 Å². The number of hydrogen-bond acceptors (Lipinski definition) is 5. The van der Waals surface area contributed by atoms with E-state index in [4.69, 9.17) is 11.6 Å². The Kier molecular flexibility index (Phi) is 5.72. The van der Waals surface area contributed by atoms with Crippen LogP contribution in [0.3, 0.4) is 0 Å². The molecule has 186 valence electrons. The number of carbonyl (C=O) groups is 3. The second kappa shape index (κ2) is 8.78. The van der Waals surface area contributed by atoms with E-state index in [0.717, 1.165) is 44.1 Å². The topological polar surface area (TPSA) is 107 Å². The van der Waals surface area contributed by atoms with E-state index in [2.05, 4.69) is 10.4 Å². The molecule has 0 radical (unpaired) electrons. The van der Waals surface area contributed by atoms with Gasteiger partial charge in [0.05, 0.1) is 16.6 Å². The average Bonchev–Trinajstić information content (AvgIpc) is 3.78. The van der Waals surface area contributed by atoms with E-state index in [1.807, 2.05) is 17.0 Å². The van der Waals surface area contributed by atoms with E-state index >= 15 is 0 Å². The first-order valence-electron chi connectivity index (χ1n) is 12.7. The molecule has 4 fully saturated rings. The van der Waals surface area contributed by atoms with Crippen molar-refractivity contribution in [3.05, 3.63) is 34.1 Å².